The van der Waals surface area contributed by atoms with Gasteiger partial charge in [-0.15, -0.1) is 0 Å². The van der Waals surface area contributed by atoms with E-state index in [2.05, 4.69) is 99.1 Å². The van der Waals surface area contributed by atoms with Gasteiger partial charge in [0, 0.05) is 29.6 Å². The van der Waals surface area contributed by atoms with Gasteiger partial charge in [0.25, 0.3) is 0 Å². The van der Waals surface area contributed by atoms with Crippen molar-refractivity contribution in [3.8, 4) is 22.3 Å². The predicted molar refractivity (Wildman–Crippen MR) is 99.5 cm³/mol. The lowest BCUT2D eigenvalue weighted by Crippen LogP contribution is -2.15. The number of aromatic nitrogens is 1. The molecule has 3 rings (SSSR count). The average molecular weight is 303 g/mol. The van der Waals surface area contributed by atoms with Crippen molar-refractivity contribution in [1.82, 2.24) is 4.57 Å². The number of hydrogen-bond donors (Lipinski definition) is 0. The molecule has 0 aliphatic heterocycles. The van der Waals surface area contributed by atoms with Crippen LogP contribution in [0.3, 0.4) is 0 Å². The number of hydrogen-bond acceptors (Lipinski definition) is 0. The molecular weight excluding hydrogens is 278 g/mol. The van der Waals surface area contributed by atoms with Gasteiger partial charge in [-0.1, -0.05) is 81.4 Å². The molecule has 0 N–H and O–H groups in total. The summed E-state index contributed by atoms with van der Waals surface area (Å²) in [5.41, 5.74) is 6.83. The lowest BCUT2D eigenvalue weighted by Gasteiger charge is -2.20. The molecule has 1 heterocycles. The molecule has 0 atom stereocenters. The molecule has 23 heavy (non-hydrogen) atoms. The molecule has 0 bridgehead atoms. The van der Waals surface area contributed by atoms with E-state index in [1.54, 1.807) is 0 Å². The molecule has 0 radical (unpaired) electrons. The van der Waals surface area contributed by atoms with Crippen molar-refractivity contribution >= 4 is 0 Å². The zero-order valence-corrected chi connectivity index (χ0v) is 14.5. The van der Waals surface area contributed by atoms with E-state index in [9.17, 15) is 0 Å². The molecule has 1 aromatic heterocycles. The summed E-state index contributed by atoms with van der Waals surface area (Å²) in [6.45, 7) is 10.1. The molecule has 3 aromatic rings. The molecule has 2 aromatic carbocycles. The summed E-state index contributed by atoms with van der Waals surface area (Å²) in [6, 6.07) is 21.4. The Bertz CT molecular complexity index is 774. The number of benzene rings is 2. The SMILES string of the molecule is Cc1c(-c2ccccc2)c(-c2ccccc2)cn1CC(C)(C)C. The largest absolute Gasteiger partial charge is 0.350 e. The Hall–Kier alpha value is -2.28. The summed E-state index contributed by atoms with van der Waals surface area (Å²) in [7, 11) is 0. The van der Waals surface area contributed by atoms with Crippen molar-refractivity contribution in [2.45, 2.75) is 34.2 Å². The molecule has 0 saturated heterocycles. The summed E-state index contributed by atoms with van der Waals surface area (Å²) < 4.78 is 2.41. The lowest BCUT2D eigenvalue weighted by atomic mass is 9.96. The molecule has 0 spiro atoms. The van der Waals surface area contributed by atoms with Crippen LogP contribution in [-0.2, 0) is 6.54 Å². The van der Waals surface area contributed by atoms with Crippen molar-refractivity contribution < 1.29 is 0 Å². The highest BCUT2D eigenvalue weighted by molar-refractivity contribution is 5.85. The predicted octanol–water partition coefficient (Wildman–Crippen LogP) is 6.18. The Morgan fingerprint density at radius 1 is 0.783 bits per heavy atom. The molecule has 0 amide bonds. The maximum atomic E-state index is 2.41. The number of nitrogens with zero attached hydrogens (tertiary/aromatic N) is 1. The van der Waals surface area contributed by atoms with Crippen LogP contribution in [-0.4, -0.2) is 4.57 Å². The van der Waals surface area contributed by atoms with Crippen molar-refractivity contribution in [2.24, 2.45) is 5.41 Å². The fraction of sp³-hybridized carbons (Fsp3) is 0.273. The Labute approximate surface area is 139 Å². The average Bonchev–Trinajstić information content (AvgIpc) is 2.84. The highest BCUT2D eigenvalue weighted by Crippen LogP contribution is 2.37. The van der Waals surface area contributed by atoms with Crippen LogP contribution in [0.1, 0.15) is 26.5 Å². The monoisotopic (exact) mass is 303 g/mol. The van der Waals surface area contributed by atoms with E-state index < -0.39 is 0 Å². The Morgan fingerprint density at radius 3 is 1.83 bits per heavy atom. The fourth-order valence-electron chi connectivity index (χ4n) is 3.14. The molecule has 1 nitrogen and oxygen atoms in total. The fourth-order valence-corrected chi connectivity index (χ4v) is 3.14. The van der Waals surface area contributed by atoms with Crippen molar-refractivity contribution in [1.29, 1.82) is 0 Å². The van der Waals surface area contributed by atoms with Crippen LogP contribution in [0.15, 0.2) is 66.9 Å². The minimum atomic E-state index is 0.256. The third-order valence-electron chi connectivity index (χ3n) is 4.14. The molecule has 0 aliphatic carbocycles. The second kappa shape index (κ2) is 6.08. The summed E-state index contributed by atoms with van der Waals surface area (Å²) >= 11 is 0. The van der Waals surface area contributed by atoms with Crippen molar-refractivity contribution in [3.63, 3.8) is 0 Å². The van der Waals surface area contributed by atoms with Crippen LogP contribution >= 0.6 is 0 Å². The van der Waals surface area contributed by atoms with Crippen LogP contribution < -0.4 is 0 Å². The van der Waals surface area contributed by atoms with Gasteiger partial charge in [0.15, 0.2) is 0 Å². The maximum absolute atomic E-state index is 2.41. The van der Waals surface area contributed by atoms with Crippen molar-refractivity contribution in [2.75, 3.05) is 0 Å². The first-order chi connectivity index (χ1) is 11.0. The maximum Gasteiger partial charge on any atom is 0.0271 e. The van der Waals surface area contributed by atoms with E-state index in [1.165, 1.54) is 27.9 Å². The minimum absolute atomic E-state index is 0.256. The normalized spacial score (nSPS) is 11.7. The van der Waals surface area contributed by atoms with E-state index in [1.807, 2.05) is 0 Å². The third kappa shape index (κ3) is 3.39. The molecule has 0 aliphatic rings. The molecule has 118 valence electrons. The van der Waals surface area contributed by atoms with Crippen LogP contribution in [0.4, 0.5) is 0 Å². The van der Waals surface area contributed by atoms with Gasteiger partial charge < -0.3 is 4.57 Å². The molecular formula is C22H25N. The van der Waals surface area contributed by atoms with E-state index in [0.717, 1.165) is 6.54 Å². The zero-order valence-electron chi connectivity index (χ0n) is 14.5. The van der Waals surface area contributed by atoms with E-state index >= 15 is 0 Å². The lowest BCUT2D eigenvalue weighted by molar-refractivity contribution is 0.341. The van der Waals surface area contributed by atoms with E-state index in [0.29, 0.717) is 0 Å². The van der Waals surface area contributed by atoms with Gasteiger partial charge in [-0.05, 0) is 23.5 Å². The summed E-state index contributed by atoms with van der Waals surface area (Å²) in [6.07, 6.45) is 2.32. The van der Waals surface area contributed by atoms with Gasteiger partial charge >= 0.3 is 0 Å². The van der Waals surface area contributed by atoms with E-state index in [-0.39, 0.29) is 5.41 Å². The Kier molecular flexibility index (Phi) is 4.12. The van der Waals surface area contributed by atoms with Gasteiger partial charge in [0.2, 0.25) is 0 Å². The second-order valence-electron chi connectivity index (χ2n) is 7.42. The molecule has 1 heteroatoms. The second-order valence-corrected chi connectivity index (χ2v) is 7.42. The van der Waals surface area contributed by atoms with Crippen molar-refractivity contribution in [3.05, 3.63) is 72.6 Å². The molecule has 0 fully saturated rings. The van der Waals surface area contributed by atoms with Gasteiger partial charge in [-0.25, -0.2) is 0 Å². The highest BCUT2D eigenvalue weighted by atomic mass is 15.0. The standard InChI is InChI=1S/C22H25N/c1-17-21(19-13-9-6-10-14-19)20(18-11-7-5-8-12-18)15-23(17)16-22(2,3)4/h5-15H,16H2,1-4H3. The quantitative estimate of drug-likeness (QED) is 0.544. The van der Waals surface area contributed by atoms with Gasteiger partial charge in [0.05, 0.1) is 0 Å². The minimum Gasteiger partial charge on any atom is -0.350 e. The van der Waals surface area contributed by atoms with Crippen LogP contribution in [0.25, 0.3) is 22.3 Å². The summed E-state index contributed by atoms with van der Waals surface area (Å²) in [5.74, 6) is 0. The van der Waals surface area contributed by atoms with E-state index in [4.69, 9.17) is 0 Å². The first-order valence-electron chi connectivity index (χ1n) is 8.26. The third-order valence-corrected chi connectivity index (χ3v) is 4.14. The van der Waals surface area contributed by atoms with Crippen LogP contribution in [0.2, 0.25) is 0 Å². The topological polar surface area (TPSA) is 4.93 Å². The Morgan fingerprint density at radius 2 is 1.30 bits per heavy atom. The smallest absolute Gasteiger partial charge is 0.0271 e. The summed E-state index contributed by atoms with van der Waals surface area (Å²) in [4.78, 5) is 0. The van der Waals surface area contributed by atoms with Crippen LogP contribution in [0.5, 0.6) is 0 Å². The zero-order chi connectivity index (χ0) is 16.4. The Balaban J connectivity index is 2.19. The molecule has 0 unspecified atom stereocenters. The van der Waals surface area contributed by atoms with Gasteiger partial charge in [-0.3, -0.25) is 0 Å². The number of rotatable bonds is 3. The first kappa shape index (κ1) is 15.6. The molecule has 0 saturated carbocycles. The van der Waals surface area contributed by atoms with Gasteiger partial charge in [-0.2, -0.15) is 0 Å². The van der Waals surface area contributed by atoms with Crippen LogP contribution in [0, 0.1) is 12.3 Å². The highest BCUT2D eigenvalue weighted by Gasteiger charge is 2.19. The summed E-state index contributed by atoms with van der Waals surface area (Å²) in [5, 5.41) is 0. The first-order valence-corrected chi connectivity index (χ1v) is 8.26. The van der Waals surface area contributed by atoms with Gasteiger partial charge in [0.1, 0.15) is 0 Å².